The van der Waals surface area contributed by atoms with Gasteiger partial charge in [0.2, 0.25) is 0 Å². The van der Waals surface area contributed by atoms with E-state index in [0.717, 1.165) is 6.04 Å². The van der Waals surface area contributed by atoms with Gasteiger partial charge in [0, 0.05) is 6.04 Å². The highest BCUT2D eigenvalue weighted by Crippen LogP contribution is 2.47. The Kier molecular flexibility index (Phi) is 4.26. The predicted molar refractivity (Wildman–Crippen MR) is 93.2 cm³/mol. The summed E-state index contributed by atoms with van der Waals surface area (Å²) in [5.74, 6) is 0. The first-order chi connectivity index (χ1) is 10.8. The monoisotopic (exact) mass is 297 g/mol. The highest BCUT2D eigenvalue weighted by atomic mass is 15.2. The Labute approximate surface area is 136 Å². The molecule has 1 saturated carbocycles. The lowest BCUT2D eigenvalue weighted by Crippen LogP contribution is -2.43. The minimum atomic E-state index is 0.650. The lowest BCUT2D eigenvalue weighted by Gasteiger charge is -2.46. The second-order valence-corrected chi connectivity index (χ2v) is 8.13. The fourth-order valence-electron chi connectivity index (χ4n) is 5.33. The lowest BCUT2D eigenvalue weighted by atomic mass is 9.63. The third kappa shape index (κ3) is 2.97. The van der Waals surface area contributed by atoms with Gasteiger partial charge in [-0.15, -0.1) is 0 Å². The van der Waals surface area contributed by atoms with E-state index >= 15 is 0 Å². The SMILES string of the molecule is c1ccc2c(c1)CCC1(CCC(N3CCCCCC3)CC1)C2. The van der Waals surface area contributed by atoms with Crippen LogP contribution < -0.4 is 0 Å². The molecule has 1 spiro atoms. The van der Waals surface area contributed by atoms with Crippen molar-refractivity contribution in [1.82, 2.24) is 4.90 Å². The van der Waals surface area contributed by atoms with E-state index in [4.69, 9.17) is 0 Å². The molecule has 1 heterocycles. The van der Waals surface area contributed by atoms with Crippen molar-refractivity contribution in [3.63, 3.8) is 0 Å². The average molecular weight is 297 g/mol. The third-order valence-electron chi connectivity index (χ3n) is 6.78. The van der Waals surface area contributed by atoms with Crippen molar-refractivity contribution in [3.05, 3.63) is 35.4 Å². The van der Waals surface area contributed by atoms with Gasteiger partial charge in [-0.1, -0.05) is 37.1 Å². The quantitative estimate of drug-likeness (QED) is 0.706. The van der Waals surface area contributed by atoms with E-state index in [1.54, 1.807) is 11.1 Å². The summed E-state index contributed by atoms with van der Waals surface area (Å²) in [5, 5.41) is 0. The molecule has 1 saturated heterocycles. The molecule has 0 N–H and O–H groups in total. The van der Waals surface area contributed by atoms with E-state index in [0.29, 0.717) is 5.41 Å². The molecule has 0 atom stereocenters. The van der Waals surface area contributed by atoms with Crippen LogP contribution in [0, 0.1) is 5.41 Å². The molecule has 0 amide bonds. The normalized spacial score (nSPS) is 33.4. The van der Waals surface area contributed by atoms with Crippen LogP contribution in [0.3, 0.4) is 0 Å². The molecule has 2 fully saturated rings. The van der Waals surface area contributed by atoms with Crippen molar-refractivity contribution in [2.45, 2.75) is 76.7 Å². The van der Waals surface area contributed by atoms with Crippen molar-refractivity contribution < 1.29 is 0 Å². The number of fused-ring (bicyclic) bond motifs is 1. The molecule has 0 radical (unpaired) electrons. The maximum Gasteiger partial charge on any atom is 0.00956 e. The summed E-state index contributed by atoms with van der Waals surface area (Å²) in [5.41, 5.74) is 3.93. The number of hydrogen-bond donors (Lipinski definition) is 0. The van der Waals surface area contributed by atoms with E-state index in [9.17, 15) is 0 Å². The summed E-state index contributed by atoms with van der Waals surface area (Å²) >= 11 is 0. The summed E-state index contributed by atoms with van der Waals surface area (Å²) in [6, 6.07) is 10.1. The van der Waals surface area contributed by atoms with Crippen LogP contribution in [-0.4, -0.2) is 24.0 Å². The lowest BCUT2D eigenvalue weighted by molar-refractivity contribution is 0.0794. The molecule has 0 unspecified atom stereocenters. The van der Waals surface area contributed by atoms with Gasteiger partial charge in [0.25, 0.3) is 0 Å². The highest BCUT2D eigenvalue weighted by molar-refractivity contribution is 5.31. The van der Waals surface area contributed by atoms with Crippen molar-refractivity contribution in [2.75, 3.05) is 13.1 Å². The van der Waals surface area contributed by atoms with Gasteiger partial charge in [-0.05, 0) is 87.4 Å². The van der Waals surface area contributed by atoms with E-state index in [2.05, 4.69) is 29.2 Å². The van der Waals surface area contributed by atoms with E-state index < -0.39 is 0 Å². The molecule has 1 aliphatic heterocycles. The number of benzene rings is 1. The Bertz CT molecular complexity index is 490. The van der Waals surface area contributed by atoms with Crippen LogP contribution in [0.2, 0.25) is 0 Å². The topological polar surface area (TPSA) is 3.24 Å². The van der Waals surface area contributed by atoms with E-state index in [-0.39, 0.29) is 0 Å². The van der Waals surface area contributed by atoms with Gasteiger partial charge in [-0.2, -0.15) is 0 Å². The van der Waals surface area contributed by atoms with Crippen molar-refractivity contribution in [3.8, 4) is 0 Å². The van der Waals surface area contributed by atoms with Crippen LogP contribution in [0.25, 0.3) is 0 Å². The minimum absolute atomic E-state index is 0.650. The molecule has 22 heavy (non-hydrogen) atoms. The number of aryl methyl sites for hydroxylation is 1. The summed E-state index contributed by atoms with van der Waals surface area (Å²) < 4.78 is 0. The Hall–Kier alpha value is -0.820. The smallest absolute Gasteiger partial charge is 0.00956 e. The Morgan fingerprint density at radius 3 is 2.23 bits per heavy atom. The zero-order valence-corrected chi connectivity index (χ0v) is 14.0. The molecule has 1 aromatic rings. The number of likely N-dealkylation sites (tertiary alicyclic amines) is 1. The van der Waals surface area contributed by atoms with Crippen LogP contribution >= 0.6 is 0 Å². The molecular formula is C21H31N. The summed E-state index contributed by atoms with van der Waals surface area (Å²) in [6.45, 7) is 2.75. The minimum Gasteiger partial charge on any atom is -0.300 e. The van der Waals surface area contributed by atoms with E-state index in [1.807, 2.05) is 0 Å². The van der Waals surface area contributed by atoms with Crippen LogP contribution in [0.1, 0.15) is 68.9 Å². The second-order valence-electron chi connectivity index (χ2n) is 8.13. The van der Waals surface area contributed by atoms with Gasteiger partial charge in [0.05, 0.1) is 0 Å². The van der Waals surface area contributed by atoms with Crippen molar-refractivity contribution >= 4 is 0 Å². The van der Waals surface area contributed by atoms with Gasteiger partial charge in [0.15, 0.2) is 0 Å². The first-order valence-electron chi connectivity index (χ1n) is 9.66. The second kappa shape index (κ2) is 6.35. The molecule has 0 bridgehead atoms. The van der Waals surface area contributed by atoms with Gasteiger partial charge < -0.3 is 4.90 Å². The van der Waals surface area contributed by atoms with Crippen LogP contribution in [0.4, 0.5) is 0 Å². The molecule has 2 aliphatic carbocycles. The molecule has 4 rings (SSSR count). The van der Waals surface area contributed by atoms with Crippen molar-refractivity contribution in [2.24, 2.45) is 5.41 Å². The van der Waals surface area contributed by atoms with Gasteiger partial charge in [-0.3, -0.25) is 0 Å². The van der Waals surface area contributed by atoms with Gasteiger partial charge in [-0.25, -0.2) is 0 Å². The summed E-state index contributed by atoms with van der Waals surface area (Å²) in [6.07, 6.45) is 15.8. The molecule has 0 aromatic heterocycles. The molecular weight excluding hydrogens is 266 g/mol. The zero-order chi connectivity index (χ0) is 14.8. The maximum absolute atomic E-state index is 2.84. The molecule has 1 heteroatoms. The Balaban J connectivity index is 1.39. The Morgan fingerprint density at radius 2 is 1.50 bits per heavy atom. The van der Waals surface area contributed by atoms with Crippen LogP contribution in [0.15, 0.2) is 24.3 Å². The summed E-state index contributed by atoms with van der Waals surface area (Å²) in [7, 11) is 0. The largest absolute Gasteiger partial charge is 0.300 e. The molecule has 1 aromatic carbocycles. The molecule has 3 aliphatic rings. The highest BCUT2D eigenvalue weighted by Gasteiger charge is 2.39. The fourth-order valence-corrected chi connectivity index (χ4v) is 5.33. The Morgan fingerprint density at radius 1 is 0.818 bits per heavy atom. The van der Waals surface area contributed by atoms with Crippen molar-refractivity contribution in [1.29, 1.82) is 0 Å². The first-order valence-corrected chi connectivity index (χ1v) is 9.66. The molecule has 120 valence electrons. The predicted octanol–water partition coefficient (Wildman–Crippen LogP) is 4.98. The zero-order valence-electron chi connectivity index (χ0n) is 14.0. The standard InChI is InChI=1S/C21H31N/c1-2-6-16-22(15-5-1)20-10-13-21(14-11-20)12-9-18-7-3-4-8-19(18)17-21/h3-4,7-8,20H,1-2,5-6,9-17H2. The first kappa shape index (κ1) is 14.8. The van der Waals surface area contributed by atoms with Crippen LogP contribution in [0.5, 0.6) is 0 Å². The third-order valence-corrected chi connectivity index (χ3v) is 6.78. The summed E-state index contributed by atoms with van der Waals surface area (Å²) in [4.78, 5) is 2.84. The average Bonchev–Trinajstić information content (AvgIpc) is 2.85. The van der Waals surface area contributed by atoms with Crippen LogP contribution in [-0.2, 0) is 12.8 Å². The van der Waals surface area contributed by atoms with Gasteiger partial charge in [0.1, 0.15) is 0 Å². The fraction of sp³-hybridized carbons (Fsp3) is 0.714. The van der Waals surface area contributed by atoms with Gasteiger partial charge >= 0.3 is 0 Å². The van der Waals surface area contributed by atoms with E-state index in [1.165, 1.54) is 83.7 Å². The number of hydrogen-bond acceptors (Lipinski definition) is 1. The maximum atomic E-state index is 2.84. The number of nitrogens with zero attached hydrogens (tertiary/aromatic N) is 1. The molecule has 1 nitrogen and oxygen atoms in total. The number of rotatable bonds is 1.